The Labute approximate surface area is 255 Å². The van der Waals surface area contributed by atoms with Gasteiger partial charge in [-0.1, -0.05) is 41.9 Å². The molecule has 0 unspecified atom stereocenters. The Morgan fingerprint density at radius 1 is 0.976 bits per heavy atom. The summed E-state index contributed by atoms with van der Waals surface area (Å²) < 4.78 is 0. The van der Waals surface area contributed by atoms with Gasteiger partial charge in [-0.15, -0.1) is 0 Å². The molecular weight excluding hydrogens is 550 g/mol. The van der Waals surface area contributed by atoms with Crippen LogP contribution in [0.15, 0.2) is 42.5 Å². The highest BCUT2D eigenvalue weighted by Crippen LogP contribution is 2.29. The third kappa shape index (κ3) is 7.93. The summed E-state index contributed by atoms with van der Waals surface area (Å²) in [5.41, 5.74) is 3.05. The molecule has 2 aliphatic rings. The van der Waals surface area contributed by atoms with Crippen molar-refractivity contribution >= 4 is 35.1 Å². The van der Waals surface area contributed by atoms with Gasteiger partial charge < -0.3 is 19.8 Å². The van der Waals surface area contributed by atoms with Crippen molar-refractivity contribution in [1.29, 1.82) is 0 Å². The first-order chi connectivity index (χ1) is 20.0. The van der Waals surface area contributed by atoms with E-state index in [1.165, 1.54) is 5.56 Å². The molecule has 0 atom stereocenters. The number of carboxylic acids is 1. The number of nitrogens with zero attached hydrogens (tertiary/aromatic N) is 3. The largest absolute Gasteiger partial charge is 0.481 e. The molecular formula is C34H46ClN3O4. The minimum absolute atomic E-state index is 0.0736. The third-order valence-corrected chi connectivity index (χ3v) is 9.73. The van der Waals surface area contributed by atoms with Crippen molar-refractivity contribution in [2.24, 2.45) is 11.8 Å². The number of aliphatic carboxylic acids is 1. The first-order valence-corrected chi connectivity index (χ1v) is 15.7. The maximum Gasteiger partial charge on any atom is 0.313 e. The SMILES string of the molecule is CC(=O)N1CCC(C(=O)N(CCCN2CCC(Cc3ccc(C(C)(C)C(=O)O)cc3)CC2)c2ccc(C)c(Cl)c2)CC1. The number of carbonyl (C=O) groups is 3. The minimum Gasteiger partial charge on any atom is -0.481 e. The van der Waals surface area contributed by atoms with Gasteiger partial charge in [0.1, 0.15) is 0 Å². The van der Waals surface area contributed by atoms with Gasteiger partial charge >= 0.3 is 5.97 Å². The summed E-state index contributed by atoms with van der Waals surface area (Å²) >= 11 is 6.46. The number of carbonyl (C=O) groups excluding carboxylic acids is 2. The lowest BCUT2D eigenvalue weighted by atomic mass is 9.83. The number of halogens is 1. The number of rotatable bonds is 10. The van der Waals surface area contributed by atoms with E-state index in [1.807, 2.05) is 47.1 Å². The molecule has 0 saturated carbocycles. The zero-order valence-corrected chi connectivity index (χ0v) is 26.3. The van der Waals surface area contributed by atoms with E-state index in [-0.39, 0.29) is 17.7 Å². The van der Waals surface area contributed by atoms with Crippen LogP contribution in [0.4, 0.5) is 5.69 Å². The Morgan fingerprint density at radius 2 is 1.62 bits per heavy atom. The van der Waals surface area contributed by atoms with Crippen molar-refractivity contribution in [3.63, 3.8) is 0 Å². The Kier molecular flexibility index (Phi) is 10.7. The molecule has 2 aromatic carbocycles. The molecule has 0 bridgehead atoms. The number of aryl methyl sites for hydroxylation is 1. The monoisotopic (exact) mass is 595 g/mol. The highest BCUT2D eigenvalue weighted by Gasteiger charge is 2.31. The highest BCUT2D eigenvalue weighted by atomic mass is 35.5. The molecule has 2 aliphatic heterocycles. The molecule has 0 aliphatic carbocycles. The average molecular weight is 596 g/mol. The molecule has 8 heteroatoms. The predicted molar refractivity (Wildman–Crippen MR) is 168 cm³/mol. The number of hydrogen-bond acceptors (Lipinski definition) is 4. The third-order valence-electron chi connectivity index (χ3n) is 9.32. The van der Waals surface area contributed by atoms with Crippen LogP contribution in [0.25, 0.3) is 0 Å². The van der Waals surface area contributed by atoms with Gasteiger partial charge in [0.25, 0.3) is 0 Å². The van der Waals surface area contributed by atoms with E-state index in [9.17, 15) is 19.5 Å². The summed E-state index contributed by atoms with van der Waals surface area (Å²) in [4.78, 5) is 43.3. The van der Waals surface area contributed by atoms with Gasteiger partial charge in [-0.25, -0.2) is 0 Å². The van der Waals surface area contributed by atoms with Gasteiger partial charge in [-0.2, -0.15) is 0 Å². The molecule has 2 saturated heterocycles. The fourth-order valence-corrected chi connectivity index (χ4v) is 6.33. The molecule has 0 aromatic heterocycles. The predicted octanol–water partition coefficient (Wildman–Crippen LogP) is 5.95. The van der Waals surface area contributed by atoms with Crippen LogP contribution in [0, 0.1) is 18.8 Å². The Balaban J connectivity index is 1.29. The van der Waals surface area contributed by atoms with E-state index < -0.39 is 11.4 Å². The van der Waals surface area contributed by atoms with Gasteiger partial charge in [-0.3, -0.25) is 14.4 Å². The molecule has 2 aromatic rings. The zero-order chi connectivity index (χ0) is 30.4. The van der Waals surface area contributed by atoms with Crippen LogP contribution in [-0.2, 0) is 26.2 Å². The molecule has 7 nitrogen and oxygen atoms in total. The number of likely N-dealkylation sites (tertiary alicyclic amines) is 2. The molecule has 1 N–H and O–H groups in total. The van der Waals surface area contributed by atoms with Gasteiger partial charge in [0.2, 0.25) is 11.8 Å². The maximum absolute atomic E-state index is 13.7. The quantitative estimate of drug-likeness (QED) is 0.367. The van der Waals surface area contributed by atoms with E-state index in [2.05, 4.69) is 17.0 Å². The molecule has 4 rings (SSSR count). The smallest absolute Gasteiger partial charge is 0.313 e. The Bertz CT molecular complexity index is 1250. The molecule has 2 amide bonds. The summed E-state index contributed by atoms with van der Waals surface area (Å²) in [7, 11) is 0. The number of carboxylic acid groups (broad SMARTS) is 1. The lowest BCUT2D eigenvalue weighted by Crippen LogP contribution is -2.45. The van der Waals surface area contributed by atoms with Crippen molar-refractivity contribution in [3.8, 4) is 0 Å². The van der Waals surface area contributed by atoms with Crippen molar-refractivity contribution in [2.45, 2.75) is 71.6 Å². The van der Waals surface area contributed by atoms with Crippen molar-refractivity contribution in [2.75, 3.05) is 44.2 Å². The minimum atomic E-state index is -0.886. The molecule has 0 spiro atoms. The van der Waals surface area contributed by atoms with Gasteiger partial charge in [0.15, 0.2) is 0 Å². The van der Waals surface area contributed by atoms with Gasteiger partial charge in [0.05, 0.1) is 5.41 Å². The number of amides is 2. The normalized spacial score (nSPS) is 17.3. The Hall–Kier alpha value is -2.90. The van der Waals surface area contributed by atoms with Crippen LogP contribution in [0.1, 0.15) is 69.6 Å². The van der Waals surface area contributed by atoms with Crippen LogP contribution >= 0.6 is 11.6 Å². The second kappa shape index (κ2) is 14.0. The summed E-state index contributed by atoms with van der Waals surface area (Å²) in [6, 6.07) is 13.9. The molecule has 2 heterocycles. The van der Waals surface area contributed by atoms with E-state index in [4.69, 9.17) is 11.6 Å². The summed E-state index contributed by atoms with van der Waals surface area (Å²) in [6.45, 7) is 12.0. The topological polar surface area (TPSA) is 81.2 Å². The van der Waals surface area contributed by atoms with Crippen molar-refractivity contribution in [1.82, 2.24) is 9.80 Å². The summed E-state index contributed by atoms with van der Waals surface area (Å²) in [6.07, 6.45) is 5.56. The molecule has 2 fully saturated rings. The number of hydrogen-bond donors (Lipinski definition) is 1. The van der Waals surface area contributed by atoms with E-state index in [0.717, 1.165) is 62.1 Å². The van der Waals surface area contributed by atoms with Crippen LogP contribution in [0.5, 0.6) is 0 Å². The Morgan fingerprint density at radius 3 is 2.19 bits per heavy atom. The molecule has 228 valence electrons. The van der Waals surface area contributed by atoms with Gasteiger partial charge in [0, 0.05) is 43.2 Å². The van der Waals surface area contributed by atoms with Crippen LogP contribution in [-0.4, -0.2) is 72.0 Å². The van der Waals surface area contributed by atoms with Gasteiger partial charge in [-0.05, 0) is 114 Å². The average Bonchev–Trinajstić information content (AvgIpc) is 2.97. The van der Waals surface area contributed by atoms with Crippen LogP contribution < -0.4 is 4.90 Å². The molecule has 0 radical (unpaired) electrons. The number of anilines is 1. The van der Waals surface area contributed by atoms with Crippen molar-refractivity contribution < 1.29 is 19.5 Å². The number of benzene rings is 2. The maximum atomic E-state index is 13.7. The lowest BCUT2D eigenvalue weighted by Gasteiger charge is -2.35. The fraction of sp³-hybridized carbons (Fsp3) is 0.559. The molecule has 42 heavy (non-hydrogen) atoms. The van der Waals surface area contributed by atoms with Crippen LogP contribution in [0.2, 0.25) is 5.02 Å². The second-order valence-corrected chi connectivity index (χ2v) is 13.1. The standard InChI is InChI=1S/C34H46ClN3O4/c1-24-6-11-30(23-31(24)35)38(32(40)28-14-20-37(21-15-28)25(2)39)17-5-16-36-18-12-27(13-19-36)22-26-7-9-29(10-8-26)34(3,4)33(41)42/h6-11,23,27-28H,5,12-22H2,1-4H3,(H,41,42). The summed E-state index contributed by atoms with van der Waals surface area (Å²) in [5, 5.41) is 10.2. The lowest BCUT2D eigenvalue weighted by molar-refractivity contribution is -0.142. The van der Waals surface area contributed by atoms with Crippen LogP contribution in [0.3, 0.4) is 0 Å². The van der Waals surface area contributed by atoms with E-state index >= 15 is 0 Å². The fourth-order valence-electron chi connectivity index (χ4n) is 6.16. The first kappa shape index (κ1) is 32.0. The second-order valence-electron chi connectivity index (χ2n) is 12.7. The van der Waals surface area contributed by atoms with Crippen molar-refractivity contribution in [3.05, 3.63) is 64.2 Å². The zero-order valence-electron chi connectivity index (χ0n) is 25.6. The number of piperidine rings is 2. The highest BCUT2D eigenvalue weighted by molar-refractivity contribution is 6.31. The first-order valence-electron chi connectivity index (χ1n) is 15.3. The summed E-state index contributed by atoms with van der Waals surface area (Å²) in [5.74, 6) is -0.0687. The van der Waals surface area contributed by atoms with E-state index in [0.29, 0.717) is 43.4 Å². The van der Waals surface area contributed by atoms with E-state index in [1.54, 1.807) is 20.8 Å².